The quantitative estimate of drug-likeness (QED) is 0.861. The van der Waals surface area contributed by atoms with Crippen molar-refractivity contribution in [1.29, 1.82) is 0 Å². The molecule has 4 nitrogen and oxygen atoms in total. The van der Waals surface area contributed by atoms with Crippen LogP contribution in [0.25, 0.3) is 10.9 Å². The van der Waals surface area contributed by atoms with E-state index in [4.69, 9.17) is 5.11 Å². The molecule has 2 aromatic rings. The fraction of sp³-hybridized carbons (Fsp3) is 0.100. The minimum Gasteiger partial charge on any atom is -0.478 e. The van der Waals surface area contributed by atoms with Gasteiger partial charge in [0, 0.05) is 9.86 Å². The highest BCUT2D eigenvalue weighted by atomic mass is 79.9. The molecule has 0 aliphatic rings. The summed E-state index contributed by atoms with van der Waals surface area (Å²) in [6.07, 6.45) is 0. The first-order valence-corrected chi connectivity index (χ1v) is 5.04. The first-order chi connectivity index (χ1) is 7.09. The molecule has 0 amide bonds. The molecule has 1 aromatic carbocycles. The van der Waals surface area contributed by atoms with Crippen molar-refractivity contribution in [3.8, 4) is 0 Å². The lowest BCUT2D eigenvalue weighted by Crippen LogP contribution is -2.04. The third-order valence-corrected chi connectivity index (χ3v) is 2.60. The number of nitrogens with zero attached hydrogens (tertiary/aromatic N) is 2. The lowest BCUT2D eigenvalue weighted by atomic mass is 10.1. The van der Waals surface area contributed by atoms with Crippen LogP contribution in [-0.2, 0) is 0 Å². The summed E-state index contributed by atoms with van der Waals surface area (Å²) in [4.78, 5) is 11.1. The van der Waals surface area contributed by atoms with Gasteiger partial charge in [0.15, 0.2) is 0 Å². The molecular weight excluding hydrogens is 260 g/mol. The lowest BCUT2D eigenvalue weighted by molar-refractivity contribution is 0.0697. The van der Waals surface area contributed by atoms with Gasteiger partial charge < -0.3 is 5.11 Å². The van der Waals surface area contributed by atoms with Gasteiger partial charge in [-0.1, -0.05) is 15.9 Å². The fourth-order valence-corrected chi connectivity index (χ4v) is 1.80. The number of benzene rings is 1. The van der Waals surface area contributed by atoms with Crippen molar-refractivity contribution in [3.63, 3.8) is 0 Å². The normalized spacial score (nSPS) is 10.5. The van der Waals surface area contributed by atoms with E-state index in [0.717, 1.165) is 4.47 Å². The number of hydrogen-bond donors (Lipinski definition) is 1. The molecule has 0 unspecified atom stereocenters. The molecule has 0 radical (unpaired) electrons. The van der Waals surface area contributed by atoms with Crippen LogP contribution >= 0.6 is 15.9 Å². The molecular formula is C10H7BrN2O2. The number of aromatic carboxylic acids is 1. The third kappa shape index (κ3) is 1.70. The molecule has 0 bridgehead atoms. The van der Waals surface area contributed by atoms with Gasteiger partial charge in [-0.2, -0.15) is 10.2 Å². The largest absolute Gasteiger partial charge is 0.478 e. The Bertz CT molecular complexity index is 549. The lowest BCUT2D eigenvalue weighted by Gasteiger charge is -2.04. The van der Waals surface area contributed by atoms with E-state index in [2.05, 4.69) is 26.1 Å². The summed E-state index contributed by atoms with van der Waals surface area (Å²) >= 11 is 3.30. The molecule has 2 rings (SSSR count). The van der Waals surface area contributed by atoms with Crippen molar-refractivity contribution in [2.24, 2.45) is 0 Å². The van der Waals surface area contributed by atoms with Crippen LogP contribution in [0.15, 0.2) is 22.7 Å². The van der Waals surface area contributed by atoms with Crippen LogP contribution in [0.3, 0.4) is 0 Å². The summed E-state index contributed by atoms with van der Waals surface area (Å²) in [7, 11) is 0. The molecule has 0 saturated carbocycles. The van der Waals surface area contributed by atoms with Gasteiger partial charge in [-0.05, 0) is 25.1 Å². The van der Waals surface area contributed by atoms with E-state index < -0.39 is 5.97 Å². The van der Waals surface area contributed by atoms with E-state index in [1.165, 1.54) is 0 Å². The van der Waals surface area contributed by atoms with Gasteiger partial charge in [-0.15, -0.1) is 0 Å². The van der Waals surface area contributed by atoms with Crippen LogP contribution in [0.4, 0.5) is 0 Å². The Hall–Kier alpha value is -1.49. The van der Waals surface area contributed by atoms with Gasteiger partial charge in [0.1, 0.15) is 0 Å². The molecule has 15 heavy (non-hydrogen) atoms. The number of carboxylic acids is 1. The van der Waals surface area contributed by atoms with E-state index in [1.807, 2.05) is 0 Å². The third-order valence-electron chi connectivity index (χ3n) is 2.11. The van der Waals surface area contributed by atoms with Crippen molar-refractivity contribution in [2.45, 2.75) is 6.92 Å². The molecule has 0 aliphatic carbocycles. The Labute approximate surface area is 94.1 Å². The van der Waals surface area contributed by atoms with Crippen molar-refractivity contribution < 1.29 is 9.90 Å². The maximum atomic E-state index is 11.1. The second-order valence-electron chi connectivity index (χ2n) is 3.13. The summed E-state index contributed by atoms with van der Waals surface area (Å²) in [5.41, 5.74) is 1.22. The van der Waals surface area contributed by atoms with Gasteiger partial charge in [-0.3, -0.25) is 0 Å². The SMILES string of the molecule is Cc1nnc2ccc(Br)cc2c1C(=O)O. The van der Waals surface area contributed by atoms with Crippen molar-refractivity contribution in [1.82, 2.24) is 10.2 Å². The second kappa shape index (κ2) is 3.58. The minimum absolute atomic E-state index is 0.210. The van der Waals surface area contributed by atoms with E-state index in [1.54, 1.807) is 25.1 Å². The van der Waals surface area contributed by atoms with Gasteiger partial charge >= 0.3 is 5.97 Å². The molecule has 1 aromatic heterocycles. The van der Waals surface area contributed by atoms with Gasteiger partial charge in [0.05, 0.1) is 16.8 Å². The average molecular weight is 267 g/mol. The second-order valence-corrected chi connectivity index (χ2v) is 4.04. The van der Waals surface area contributed by atoms with Crippen molar-refractivity contribution >= 4 is 32.8 Å². The summed E-state index contributed by atoms with van der Waals surface area (Å²) in [5.74, 6) is -0.981. The Morgan fingerprint density at radius 3 is 2.80 bits per heavy atom. The summed E-state index contributed by atoms with van der Waals surface area (Å²) in [6, 6.07) is 5.27. The van der Waals surface area contributed by atoms with Crippen molar-refractivity contribution in [2.75, 3.05) is 0 Å². The number of fused-ring (bicyclic) bond motifs is 1. The Balaban J connectivity index is 2.90. The Kier molecular flexibility index (Phi) is 2.40. The number of halogens is 1. The topological polar surface area (TPSA) is 63.1 Å². The van der Waals surface area contributed by atoms with Gasteiger partial charge in [-0.25, -0.2) is 4.79 Å². The Morgan fingerprint density at radius 2 is 2.13 bits per heavy atom. The van der Waals surface area contributed by atoms with Gasteiger partial charge in [0.25, 0.3) is 0 Å². The molecule has 0 aliphatic heterocycles. The predicted octanol–water partition coefficient (Wildman–Crippen LogP) is 2.40. The minimum atomic E-state index is -0.981. The van der Waals surface area contributed by atoms with E-state index in [9.17, 15) is 4.79 Å². The highest BCUT2D eigenvalue weighted by Crippen LogP contribution is 2.22. The summed E-state index contributed by atoms with van der Waals surface area (Å²) < 4.78 is 0.824. The number of carboxylic acid groups (broad SMARTS) is 1. The number of rotatable bonds is 1. The van der Waals surface area contributed by atoms with E-state index >= 15 is 0 Å². The molecule has 0 fully saturated rings. The van der Waals surface area contributed by atoms with Crippen LogP contribution in [0.2, 0.25) is 0 Å². The van der Waals surface area contributed by atoms with Crippen LogP contribution < -0.4 is 0 Å². The van der Waals surface area contributed by atoms with E-state index in [0.29, 0.717) is 16.6 Å². The molecule has 5 heteroatoms. The highest BCUT2D eigenvalue weighted by molar-refractivity contribution is 9.10. The monoisotopic (exact) mass is 266 g/mol. The summed E-state index contributed by atoms with van der Waals surface area (Å²) in [5, 5.41) is 17.4. The van der Waals surface area contributed by atoms with E-state index in [-0.39, 0.29) is 5.56 Å². The molecule has 0 spiro atoms. The average Bonchev–Trinajstić information content (AvgIpc) is 2.16. The van der Waals surface area contributed by atoms with Crippen LogP contribution in [0.5, 0.6) is 0 Å². The zero-order valence-electron chi connectivity index (χ0n) is 7.86. The standard InChI is InChI=1S/C10H7BrN2O2/c1-5-9(10(14)15)7-4-6(11)2-3-8(7)13-12-5/h2-4H,1H3,(H,14,15). The maximum absolute atomic E-state index is 11.1. The maximum Gasteiger partial charge on any atom is 0.338 e. The molecule has 76 valence electrons. The summed E-state index contributed by atoms with van der Waals surface area (Å²) in [6.45, 7) is 1.64. The number of aryl methyl sites for hydroxylation is 1. The smallest absolute Gasteiger partial charge is 0.338 e. The van der Waals surface area contributed by atoms with Crippen LogP contribution in [0, 0.1) is 6.92 Å². The fourth-order valence-electron chi connectivity index (χ4n) is 1.44. The zero-order chi connectivity index (χ0) is 11.0. The zero-order valence-corrected chi connectivity index (χ0v) is 9.45. The van der Waals surface area contributed by atoms with Crippen LogP contribution in [0.1, 0.15) is 16.1 Å². The molecule has 1 heterocycles. The van der Waals surface area contributed by atoms with Gasteiger partial charge in [0.2, 0.25) is 0 Å². The molecule has 0 atom stereocenters. The predicted molar refractivity (Wildman–Crippen MR) is 58.9 cm³/mol. The molecule has 1 N–H and O–H groups in total. The number of carbonyl (C=O) groups is 1. The number of aromatic nitrogens is 2. The molecule has 0 saturated heterocycles. The van der Waals surface area contributed by atoms with Crippen molar-refractivity contribution in [3.05, 3.63) is 33.9 Å². The highest BCUT2D eigenvalue weighted by Gasteiger charge is 2.14. The number of hydrogen-bond acceptors (Lipinski definition) is 3. The van der Waals surface area contributed by atoms with Crippen LogP contribution in [-0.4, -0.2) is 21.3 Å². The Morgan fingerprint density at radius 1 is 1.40 bits per heavy atom. The first kappa shape index (κ1) is 10.0. The first-order valence-electron chi connectivity index (χ1n) is 4.25.